The van der Waals surface area contributed by atoms with Crippen molar-refractivity contribution in [1.82, 2.24) is 0 Å². The van der Waals surface area contributed by atoms with Gasteiger partial charge in [-0.2, -0.15) is 0 Å². The fourth-order valence-corrected chi connectivity index (χ4v) is 2.81. The van der Waals surface area contributed by atoms with Gasteiger partial charge in [-0.05, 0) is 37.3 Å². The van der Waals surface area contributed by atoms with E-state index in [2.05, 4.69) is 21.2 Å². The second-order valence-corrected chi connectivity index (χ2v) is 6.71. The Morgan fingerprint density at radius 1 is 1.16 bits per heavy atom. The standard InChI is InChI=1S/C19H15BrClNO3/c1-11-15(10-18(25-11)12-3-5-13(20)6-4-12)19(23)22-17-9-14(24-2)7-8-16(17)21/h3-10H,1-2H3,(H,22,23). The van der Waals surface area contributed by atoms with E-state index in [9.17, 15) is 4.79 Å². The summed E-state index contributed by atoms with van der Waals surface area (Å²) in [4.78, 5) is 12.6. The van der Waals surface area contributed by atoms with Gasteiger partial charge in [-0.1, -0.05) is 39.7 Å². The molecule has 0 aliphatic rings. The lowest BCUT2D eigenvalue weighted by Gasteiger charge is -2.08. The van der Waals surface area contributed by atoms with Crippen LogP contribution in [0, 0.1) is 6.92 Å². The number of aryl methyl sites for hydroxylation is 1. The molecule has 0 aliphatic carbocycles. The number of methoxy groups -OCH3 is 1. The molecule has 1 aromatic heterocycles. The summed E-state index contributed by atoms with van der Waals surface area (Å²) < 4.78 is 11.9. The highest BCUT2D eigenvalue weighted by Gasteiger charge is 2.17. The summed E-state index contributed by atoms with van der Waals surface area (Å²) in [5.74, 6) is 1.49. The molecule has 0 unspecified atom stereocenters. The number of benzene rings is 2. The van der Waals surface area contributed by atoms with Crippen LogP contribution in [0.3, 0.4) is 0 Å². The van der Waals surface area contributed by atoms with Crippen molar-refractivity contribution in [3.05, 3.63) is 69.3 Å². The number of amides is 1. The van der Waals surface area contributed by atoms with E-state index in [4.69, 9.17) is 20.8 Å². The normalized spacial score (nSPS) is 10.6. The van der Waals surface area contributed by atoms with Gasteiger partial charge in [0.1, 0.15) is 17.3 Å². The van der Waals surface area contributed by atoms with Crippen molar-refractivity contribution >= 4 is 39.1 Å². The summed E-state index contributed by atoms with van der Waals surface area (Å²) in [6.45, 7) is 1.75. The van der Waals surface area contributed by atoms with E-state index in [1.807, 2.05) is 24.3 Å². The molecular formula is C19H15BrClNO3. The number of hydrogen-bond donors (Lipinski definition) is 1. The van der Waals surface area contributed by atoms with E-state index in [1.54, 1.807) is 38.3 Å². The minimum Gasteiger partial charge on any atom is -0.497 e. The van der Waals surface area contributed by atoms with Crippen LogP contribution in [0.5, 0.6) is 5.75 Å². The summed E-state index contributed by atoms with van der Waals surface area (Å²) in [6, 6.07) is 14.5. The molecule has 3 aromatic rings. The maximum Gasteiger partial charge on any atom is 0.259 e. The fourth-order valence-electron chi connectivity index (χ4n) is 2.38. The highest BCUT2D eigenvalue weighted by atomic mass is 79.9. The molecule has 1 amide bonds. The first-order valence-corrected chi connectivity index (χ1v) is 8.66. The van der Waals surface area contributed by atoms with Gasteiger partial charge >= 0.3 is 0 Å². The quantitative estimate of drug-likeness (QED) is 0.569. The Kier molecular flexibility index (Phi) is 5.16. The third-order valence-corrected chi connectivity index (χ3v) is 4.57. The van der Waals surface area contributed by atoms with E-state index >= 15 is 0 Å². The van der Waals surface area contributed by atoms with Crippen LogP contribution in [0.4, 0.5) is 5.69 Å². The zero-order chi connectivity index (χ0) is 18.0. The van der Waals surface area contributed by atoms with Crippen LogP contribution in [-0.4, -0.2) is 13.0 Å². The number of hydrogen-bond acceptors (Lipinski definition) is 3. The molecular weight excluding hydrogens is 406 g/mol. The third kappa shape index (κ3) is 3.89. The van der Waals surface area contributed by atoms with Crippen LogP contribution >= 0.6 is 27.5 Å². The Morgan fingerprint density at radius 3 is 2.56 bits per heavy atom. The molecule has 3 rings (SSSR count). The molecule has 128 valence electrons. The molecule has 0 fully saturated rings. The Bertz CT molecular complexity index is 919. The fraction of sp³-hybridized carbons (Fsp3) is 0.105. The Balaban J connectivity index is 1.87. The SMILES string of the molecule is COc1ccc(Cl)c(NC(=O)c2cc(-c3ccc(Br)cc3)oc2C)c1. The molecule has 6 heteroatoms. The summed E-state index contributed by atoms with van der Waals surface area (Å²) >= 11 is 9.54. The van der Waals surface area contributed by atoms with Gasteiger partial charge in [0.15, 0.2) is 0 Å². The maximum atomic E-state index is 12.6. The Morgan fingerprint density at radius 2 is 1.88 bits per heavy atom. The molecule has 2 aromatic carbocycles. The van der Waals surface area contributed by atoms with E-state index in [1.165, 1.54) is 0 Å². The first-order valence-electron chi connectivity index (χ1n) is 7.49. The van der Waals surface area contributed by atoms with Crippen LogP contribution in [0.2, 0.25) is 5.02 Å². The van der Waals surface area contributed by atoms with Crippen molar-refractivity contribution in [2.45, 2.75) is 6.92 Å². The number of rotatable bonds is 4. The highest BCUT2D eigenvalue weighted by Crippen LogP contribution is 2.30. The average Bonchev–Trinajstić information content (AvgIpc) is 2.99. The van der Waals surface area contributed by atoms with Crippen molar-refractivity contribution in [3.63, 3.8) is 0 Å². The van der Waals surface area contributed by atoms with E-state index in [0.29, 0.717) is 33.5 Å². The second kappa shape index (κ2) is 7.33. The number of furan rings is 1. The van der Waals surface area contributed by atoms with Gasteiger partial charge in [-0.3, -0.25) is 4.79 Å². The molecule has 25 heavy (non-hydrogen) atoms. The van der Waals surface area contributed by atoms with Gasteiger partial charge in [0.2, 0.25) is 0 Å². The predicted molar refractivity (Wildman–Crippen MR) is 103 cm³/mol. The minimum absolute atomic E-state index is 0.292. The first-order chi connectivity index (χ1) is 12.0. The van der Waals surface area contributed by atoms with Crippen LogP contribution < -0.4 is 10.1 Å². The third-order valence-electron chi connectivity index (χ3n) is 3.71. The topological polar surface area (TPSA) is 51.5 Å². The molecule has 1 heterocycles. The van der Waals surface area contributed by atoms with Crippen molar-refractivity contribution in [3.8, 4) is 17.1 Å². The molecule has 0 spiro atoms. The number of carbonyl (C=O) groups is 1. The Hall–Kier alpha value is -2.24. The molecule has 1 N–H and O–H groups in total. The number of ether oxygens (including phenoxy) is 1. The van der Waals surface area contributed by atoms with E-state index in [-0.39, 0.29) is 5.91 Å². The average molecular weight is 421 g/mol. The molecule has 0 atom stereocenters. The number of carbonyl (C=O) groups excluding carboxylic acids is 1. The summed E-state index contributed by atoms with van der Waals surface area (Å²) in [6.07, 6.45) is 0. The van der Waals surface area contributed by atoms with Gasteiger partial charge in [-0.25, -0.2) is 0 Å². The van der Waals surface area contributed by atoms with Crippen molar-refractivity contribution in [1.29, 1.82) is 0 Å². The zero-order valence-electron chi connectivity index (χ0n) is 13.6. The predicted octanol–water partition coefficient (Wildman–Crippen LogP) is 5.93. The van der Waals surface area contributed by atoms with Gasteiger partial charge in [-0.15, -0.1) is 0 Å². The molecule has 0 bridgehead atoms. The van der Waals surface area contributed by atoms with Crippen LogP contribution in [-0.2, 0) is 0 Å². The van der Waals surface area contributed by atoms with Crippen molar-refractivity contribution in [2.75, 3.05) is 12.4 Å². The first kappa shape index (κ1) is 17.6. The lowest BCUT2D eigenvalue weighted by atomic mass is 10.1. The van der Waals surface area contributed by atoms with Crippen molar-refractivity contribution in [2.24, 2.45) is 0 Å². The largest absolute Gasteiger partial charge is 0.497 e. The van der Waals surface area contributed by atoms with Gasteiger partial charge in [0.05, 0.1) is 23.4 Å². The number of nitrogens with one attached hydrogen (secondary N) is 1. The second-order valence-electron chi connectivity index (χ2n) is 5.39. The smallest absolute Gasteiger partial charge is 0.259 e. The summed E-state index contributed by atoms with van der Waals surface area (Å²) in [7, 11) is 1.56. The van der Waals surface area contributed by atoms with Crippen LogP contribution in [0.1, 0.15) is 16.1 Å². The number of halogens is 2. The minimum atomic E-state index is -0.292. The monoisotopic (exact) mass is 419 g/mol. The van der Waals surface area contributed by atoms with Gasteiger partial charge in [0.25, 0.3) is 5.91 Å². The molecule has 0 aliphatic heterocycles. The van der Waals surface area contributed by atoms with Crippen LogP contribution in [0.25, 0.3) is 11.3 Å². The number of anilines is 1. The highest BCUT2D eigenvalue weighted by molar-refractivity contribution is 9.10. The van der Waals surface area contributed by atoms with Crippen molar-refractivity contribution < 1.29 is 13.9 Å². The zero-order valence-corrected chi connectivity index (χ0v) is 15.9. The molecule has 0 radical (unpaired) electrons. The van der Waals surface area contributed by atoms with E-state index in [0.717, 1.165) is 10.0 Å². The van der Waals surface area contributed by atoms with Gasteiger partial charge in [0, 0.05) is 16.1 Å². The van der Waals surface area contributed by atoms with Gasteiger partial charge < -0.3 is 14.5 Å². The molecule has 0 saturated heterocycles. The molecule has 4 nitrogen and oxygen atoms in total. The van der Waals surface area contributed by atoms with Crippen LogP contribution in [0.15, 0.2) is 57.4 Å². The summed E-state index contributed by atoms with van der Waals surface area (Å²) in [5.41, 5.74) is 1.83. The maximum absolute atomic E-state index is 12.6. The van der Waals surface area contributed by atoms with E-state index < -0.39 is 0 Å². The Labute approximate surface area is 158 Å². The molecule has 0 saturated carbocycles. The lowest BCUT2D eigenvalue weighted by Crippen LogP contribution is -2.12. The lowest BCUT2D eigenvalue weighted by molar-refractivity contribution is 0.102. The summed E-state index contributed by atoms with van der Waals surface area (Å²) in [5, 5.41) is 3.23.